The predicted octanol–water partition coefficient (Wildman–Crippen LogP) is 5.66. The van der Waals surface area contributed by atoms with Crippen molar-refractivity contribution in [2.75, 3.05) is 0 Å². The van der Waals surface area contributed by atoms with Gasteiger partial charge in [-0.15, -0.1) is 0 Å². The Hall–Kier alpha value is -2.90. The van der Waals surface area contributed by atoms with Crippen LogP contribution in [-0.2, 0) is 0 Å². The summed E-state index contributed by atoms with van der Waals surface area (Å²) in [6, 6.07) is 28.4. The number of aliphatic hydroxyl groups is 1. The molecule has 3 aromatic carbocycles. The Labute approximate surface area is 143 Å². The number of rotatable bonds is 5. The molecule has 0 fully saturated rings. The highest BCUT2D eigenvalue weighted by Gasteiger charge is 2.00. The van der Waals surface area contributed by atoms with E-state index in [9.17, 15) is 5.11 Å². The van der Waals surface area contributed by atoms with E-state index in [-0.39, 0.29) is 0 Å². The summed E-state index contributed by atoms with van der Waals surface area (Å²) in [4.78, 5) is 0. The first-order valence-corrected chi connectivity index (χ1v) is 8.06. The summed E-state index contributed by atoms with van der Waals surface area (Å²) in [7, 11) is 0. The second-order valence-corrected chi connectivity index (χ2v) is 5.59. The van der Waals surface area contributed by atoms with E-state index in [0.717, 1.165) is 11.1 Å². The molecule has 0 heterocycles. The van der Waals surface area contributed by atoms with Crippen LogP contribution in [0.5, 0.6) is 0 Å². The number of allylic oxidation sites excluding steroid dienone is 2. The van der Waals surface area contributed by atoms with Crippen LogP contribution in [0.2, 0.25) is 0 Å². The number of aliphatic hydroxyl groups excluding tert-OH is 1. The minimum Gasteiger partial charge on any atom is -0.384 e. The van der Waals surface area contributed by atoms with Gasteiger partial charge < -0.3 is 5.11 Å². The van der Waals surface area contributed by atoms with Crippen molar-refractivity contribution in [3.8, 4) is 11.1 Å². The summed E-state index contributed by atoms with van der Waals surface area (Å²) in [6.45, 7) is 0. The molecule has 0 aliphatic heterocycles. The van der Waals surface area contributed by atoms with Crippen LogP contribution < -0.4 is 0 Å². The van der Waals surface area contributed by atoms with Crippen LogP contribution in [0.3, 0.4) is 0 Å². The molecule has 0 aliphatic rings. The average Bonchev–Trinajstić information content (AvgIpc) is 2.67. The van der Waals surface area contributed by atoms with Gasteiger partial charge in [0, 0.05) is 0 Å². The molecule has 3 aromatic rings. The molecule has 0 bridgehead atoms. The van der Waals surface area contributed by atoms with Crippen molar-refractivity contribution >= 4 is 6.08 Å². The standard InChI is InChI=1S/C23H20O/c24-23(22-12-5-2-6-13-22)14-8-7-9-19-15-17-21(18-16-19)20-10-3-1-4-11-20/h1-18,23-24H/b9-7+,14-8+. The Morgan fingerprint density at radius 3 is 1.88 bits per heavy atom. The molecule has 0 saturated heterocycles. The quantitative estimate of drug-likeness (QED) is 0.603. The van der Waals surface area contributed by atoms with E-state index in [1.807, 2.05) is 66.8 Å². The normalized spacial score (nSPS) is 12.7. The molecule has 1 N–H and O–H groups in total. The molecule has 1 unspecified atom stereocenters. The predicted molar refractivity (Wildman–Crippen MR) is 101 cm³/mol. The van der Waals surface area contributed by atoms with Gasteiger partial charge >= 0.3 is 0 Å². The highest BCUT2D eigenvalue weighted by Crippen LogP contribution is 2.19. The fourth-order valence-corrected chi connectivity index (χ4v) is 2.51. The van der Waals surface area contributed by atoms with Crippen molar-refractivity contribution in [2.24, 2.45) is 0 Å². The van der Waals surface area contributed by atoms with E-state index in [4.69, 9.17) is 0 Å². The SMILES string of the molecule is OC(/C=C/C=C/c1ccc(-c2ccccc2)cc1)c1ccccc1. The van der Waals surface area contributed by atoms with Gasteiger partial charge in [-0.3, -0.25) is 0 Å². The molecule has 1 atom stereocenters. The number of benzene rings is 3. The van der Waals surface area contributed by atoms with Crippen molar-refractivity contribution in [2.45, 2.75) is 6.10 Å². The van der Waals surface area contributed by atoms with Gasteiger partial charge in [0.2, 0.25) is 0 Å². The lowest BCUT2D eigenvalue weighted by molar-refractivity contribution is 0.228. The van der Waals surface area contributed by atoms with Crippen molar-refractivity contribution in [3.05, 3.63) is 114 Å². The average molecular weight is 312 g/mol. The van der Waals surface area contributed by atoms with E-state index in [2.05, 4.69) is 36.4 Å². The Balaban J connectivity index is 1.62. The Bertz CT molecular complexity index is 800. The zero-order chi connectivity index (χ0) is 16.6. The first-order valence-electron chi connectivity index (χ1n) is 8.06. The third-order valence-electron chi connectivity index (χ3n) is 3.85. The minimum absolute atomic E-state index is 0.573. The highest BCUT2D eigenvalue weighted by molar-refractivity contribution is 5.65. The molecule has 0 aromatic heterocycles. The van der Waals surface area contributed by atoms with E-state index >= 15 is 0 Å². The topological polar surface area (TPSA) is 20.2 Å². The molecular weight excluding hydrogens is 292 g/mol. The smallest absolute Gasteiger partial charge is 0.0974 e. The van der Waals surface area contributed by atoms with Gasteiger partial charge in [0.1, 0.15) is 0 Å². The molecule has 3 rings (SSSR count). The van der Waals surface area contributed by atoms with Gasteiger partial charge in [-0.05, 0) is 22.3 Å². The third kappa shape index (κ3) is 4.31. The zero-order valence-corrected chi connectivity index (χ0v) is 13.4. The Morgan fingerprint density at radius 2 is 1.21 bits per heavy atom. The summed E-state index contributed by atoms with van der Waals surface area (Å²) in [6.07, 6.45) is 7.07. The maximum absolute atomic E-state index is 10.1. The van der Waals surface area contributed by atoms with E-state index in [0.29, 0.717) is 0 Å². The molecule has 1 nitrogen and oxygen atoms in total. The van der Waals surface area contributed by atoms with Crippen LogP contribution in [0.4, 0.5) is 0 Å². The summed E-state index contributed by atoms with van der Waals surface area (Å²) in [5, 5.41) is 10.1. The molecule has 118 valence electrons. The van der Waals surface area contributed by atoms with Crippen LogP contribution in [0, 0.1) is 0 Å². The summed E-state index contributed by atoms with van der Waals surface area (Å²) < 4.78 is 0. The molecule has 0 amide bonds. The minimum atomic E-state index is -0.573. The largest absolute Gasteiger partial charge is 0.384 e. The Morgan fingerprint density at radius 1 is 0.625 bits per heavy atom. The van der Waals surface area contributed by atoms with Crippen molar-refractivity contribution in [1.29, 1.82) is 0 Å². The fourth-order valence-electron chi connectivity index (χ4n) is 2.51. The van der Waals surface area contributed by atoms with Crippen molar-refractivity contribution in [1.82, 2.24) is 0 Å². The lowest BCUT2D eigenvalue weighted by Crippen LogP contribution is -1.91. The van der Waals surface area contributed by atoms with Gasteiger partial charge in [-0.25, -0.2) is 0 Å². The van der Waals surface area contributed by atoms with Gasteiger partial charge in [0.25, 0.3) is 0 Å². The van der Waals surface area contributed by atoms with Crippen molar-refractivity contribution < 1.29 is 5.11 Å². The first kappa shape index (κ1) is 16.0. The number of hydrogen-bond acceptors (Lipinski definition) is 1. The van der Waals surface area contributed by atoms with Crippen LogP contribution >= 0.6 is 0 Å². The molecule has 0 radical (unpaired) electrons. The molecule has 1 heteroatoms. The highest BCUT2D eigenvalue weighted by atomic mass is 16.3. The first-order chi connectivity index (χ1) is 11.8. The Kier molecular flexibility index (Phi) is 5.39. The molecule has 0 spiro atoms. The van der Waals surface area contributed by atoms with Crippen LogP contribution in [0.15, 0.2) is 103 Å². The fraction of sp³-hybridized carbons (Fsp3) is 0.0435. The maximum atomic E-state index is 10.1. The maximum Gasteiger partial charge on any atom is 0.0974 e. The molecule has 0 aliphatic carbocycles. The summed E-state index contributed by atoms with van der Waals surface area (Å²) in [5.74, 6) is 0. The van der Waals surface area contributed by atoms with E-state index < -0.39 is 6.10 Å². The molecule has 24 heavy (non-hydrogen) atoms. The summed E-state index contributed by atoms with van der Waals surface area (Å²) in [5.41, 5.74) is 4.46. The van der Waals surface area contributed by atoms with Crippen LogP contribution in [0.1, 0.15) is 17.2 Å². The zero-order valence-electron chi connectivity index (χ0n) is 13.4. The van der Waals surface area contributed by atoms with Gasteiger partial charge in [0.05, 0.1) is 6.10 Å². The molecule has 0 saturated carbocycles. The van der Waals surface area contributed by atoms with Gasteiger partial charge in [-0.2, -0.15) is 0 Å². The third-order valence-corrected chi connectivity index (χ3v) is 3.85. The van der Waals surface area contributed by atoms with Gasteiger partial charge in [0.15, 0.2) is 0 Å². The van der Waals surface area contributed by atoms with E-state index in [1.54, 1.807) is 6.08 Å². The molecular formula is C23H20O. The van der Waals surface area contributed by atoms with E-state index in [1.165, 1.54) is 11.1 Å². The second-order valence-electron chi connectivity index (χ2n) is 5.59. The van der Waals surface area contributed by atoms with Crippen LogP contribution in [0.25, 0.3) is 17.2 Å². The van der Waals surface area contributed by atoms with Crippen LogP contribution in [-0.4, -0.2) is 5.11 Å². The van der Waals surface area contributed by atoms with Gasteiger partial charge in [-0.1, -0.05) is 109 Å². The lowest BCUT2D eigenvalue weighted by Gasteiger charge is -2.04. The lowest BCUT2D eigenvalue weighted by atomic mass is 10.0. The second kappa shape index (κ2) is 8.09. The summed E-state index contributed by atoms with van der Waals surface area (Å²) >= 11 is 0. The van der Waals surface area contributed by atoms with Crippen molar-refractivity contribution in [3.63, 3.8) is 0 Å². The number of hydrogen-bond donors (Lipinski definition) is 1. The monoisotopic (exact) mass is 312 g/mol.